The number of aliphatic imine (C=N–C) groups is 1. The molecule has 0 bridgehead atoms. The first-order valence-corrected chi connectivity index (χ1v) is 7.87. The average Bonchev–Trinajstić information content (AvgIpc) is 2.95. The Morgan fingerprint density at radius 1 is 1.23 bits per heavy atom. The van der Waals surface area contributed by atoms with E-state index >= 15 is 0 Å². The van der Waals surface area contributed by atoms with Gasteiger partial charge in [-0.3, -0.25) is 4.99 Å². The van der Waals surface area contributed by atoms with Gasteiger partial charge in [0.2, 0.25) is 5.89 Å². The number of rotatable bonds is 8. The molecule has 7 heteroatoms. The summed E-state index contributed by atoms with van der Waals surface area (Å²) in [6.07, 6.45) is 3.06. The summed E-state index contributed by atoms with van der Waals surface area (Å²) in [4.78, 5) is 8.58. The topological polar surface area (TPSA) is 75.3 Å². The van der Waals surface area contributed by atoms with Gasteiger partial charge in [-0.25, -0.2) is 0 Å². The highest BCUT2D eigenvalue weighted by Gasteiger charge is 2.09. The molecule has 0 aliphatic carbocycles. The largest absolute Gasteiger partial charge is 0.356 e. The molecule has 0 amide bonds. The fourth-order valence-corrected chi connectivity index (χ4v) is 1.93. The maximum atomic E-state index is 5.21. The molecular formula is C15H30IN5O. The maximum Gasteiger partial charge on any atom is 0.228 e. The van der Waals surface area contributed by atoms with Crippen LogP contribution in [0.15, 0.2) is 9.52 Å². The quantitative estimate of drug-likeness (QED) is 0.382. The minimum atomic E-state index is 0. The van der Waals surface area contributed by atoms with Crippen molar-refractivity contribution in [3.8, 4) is 0 Å². The van der Waals surface area contributed by atoms with Crippen LogP contribution in [0.5, 0.6) is 0 Å². The zero-order chi connectivity index (χ0) is 15.7. The van der Waals surface area contributed by atoms with Crippen LogP contribution in [-0.4, -0.2) is 36.2 Å². The van der Waals surface area contributed by atoms with Gasteiger partial charge in [0.15, 0.2) is 11.8 Å². The number of halogens is 1. The number of nitrogens with one attached hydrogen (secondary N) is 2. The van der Waals surface area contributed by atoms with Gasteiger partial charge in [0.25, 0.3) is 0 Å². The molecule has 1 heterocycles. The van der Waals surface area contributed by atoms with E-state index in [0.717, 1.165) is 24.9 Å². The van der Waals surface area contributed by atoms with Crippen LogP contribution in [0.2, 0.25) is 0 Å². The summed E-state index contributed by atoms with van der Waals surface area (Å²) in [7, 11) is 1.78. The van der Waals surface area contributed by atoms with Crippen LogP contribution in [0.3, 0.4) is 0 Å². The lowest BCUT2D eigenvalue weighted by molar-refractivity contribution is 0.371. The zero-order valence-electron chi connectivity index (χ0n) is 14.3. The molecule has 1 aromatic rings. The van der Waals surface area contributed by atoms with E-state index in [1.54, 1.807) is 7.05 Å². The molecule has 22 heavy (non-hydrogen) atoms. The van der Waals surface area contributed by atoms with E-state index in [1.807, 2.05) is 0 Å². The highest BCUT2D eigenvalue weighted by molar-refractivity contribution is 14.0. The van der Waals surface area contributed by atoms with Crippen LogP contribution in [0.4, 0.5) is 0 Å². The van der Waals surface area contributed by atoms with E-state index in [1.165, 1.54) is 12.8 Å². The van der Waals surface area contributed by atoms with Gasteiger partial charge in [-0.05, 0) is 5.92 Å². The molecule has 0 fully saturated rings. The third-order valence-corrected chi connectivity index (χ3v) is 3.57. The maximum absolute atomic E-state index is 5.21. The normalized spacial score (nSPS) is 11.7. The van der Waals surface area contributed by atoms with Crippen LogP contribution >= 0.6 is 24.0 Å². The van der Waals surface area contributed by atoms with E-state index in [0.29, 0.717) is 24.1 Å². The van der Waals surface area contributed by atoms with E-state index in [2.05, 4.69) is 53.5 Å². The molecule has 6 nitrogen and oxygen atoms in total. The van der Waals surface area contributed by atoms with Crippen molar-refractivity contribution >= 4 is 29.9 Å². The van der Waals surface area contributed by atoms with E-state index in [9.17, 15) is 0 Å². The number of hydrogen-bond donors (Lipinski definition) is 2. The summed E-state index contributed by atoms with van der Waals surface area (Å²) in [5.41, 5.74) is 0. The fourth-order valence-electron chi connectivity index (χ4n) is 1.93. The van der Waals surface area contributed by atoms with Crippen LogP contribution in [0, 0.1) is 5.92 Å². The van der Waals surface area contributed by atoms with Crippen molar-refractivity contribution in [3.63, 3.8) is 0 Å². The second-order valence-corrected chi connectivity index (χ2v) is 5.51. The van der Waals surface area contributed by atoms with Gasteiger partial charge in [-0.1, -0.05) is 45.7 Å². The van der Waals surface area contributed by atoms with Gasteiger partial charge in [0.05, 0.1) is 0 Å². The van der Waals surface area contributed by atoms with Crippen molar-refractivity contribution in [2.45, 2.75) is 52.9 Å². The first-order chi connectivity index (χ1) is 10.1. The summed E-state index contributed by atoms with van der Waals surface area (Å²) in [5, 5.41) is 10.6. The SMILES string of the molecule is CCC(CC)CNC(=NC)NCCc1nc(C(C)C)no1.I. The molecule has 1 rings (SSSR count). The van der Waals surface area contributed by atoms with Gasteiger partial charge in [-0.15, -0.1) is 24.0 Å². The third-order valence-electron chi connectivity index (χ3n) is 3.57. The second kappa shape index (κ2) is 11.7. The Morgan fingerprint density at radius 3 is 2.41 bits per heavy atom. The molecular weight excluding hydrogens is 393 g/mol. The number of guanidine groups is 1. The molecule has 0 aromatic carbocycles. The molecule has 0 aliphatic rings. The van der Waals surface area contributed by atoms with E-state index in [4.69, 9.17) is 4.52 Å². The van der Waals surface area contributed by atoms with Crippen molar-refractivity contribution in [2.24, 2.45) is 10.9 Å². The summed E-state index contributed by atoms with van der Waals surface area (Å²) in [6.45, 7) is 10.2. The van der Waals surface area contributed by atoms with Crippen LogP contribution in [0.25, 0.3) is 0 Å². The van der Waals surface area contributed by atoms with Crippen molar-refractivity contribution in [2.75, 3.05) is 20.1 Å². The molecule has 2 N–H and O–H groups in total. The van der Waals surface area contributed by atoms with Crippen LogP contribution in [-0.2, 0) is 6.42 Å². The monoisotopic (exact) mass is 423 g/mol. The third kappa shape index (κ3) is 7.42. The Hall–Kier alpha value is -0.860. The van der Waals surface area contributed by atoms with Gasteiger partial charge < -0.3 is 15.2 Å². The lowest BCUT2D eigenvalue weighted by Gasteiger charge is -2.16. The molecule has 0 saturated heterocycles. The number of aromatic nitrogens is 2. The van der Waals surface area contributed by atoms with Gasteiger partial charge in [0, 0.05) is 32.5 Å². The Balaban J connectivity index is 0.00000441. The van der Waals surface area contributed by atoms with Gasteiger partial charge >= 0.3 is 0 Å². The summed E-state index contributed by atoms with van der Waals surface area (Å²) in [5.74, 6) is 3.24. The molecule has 0 unspecified atom stereocenters. The first-order valence-electron chi connectivity index (χ1n) is 7.87. The molecule has 0 spiro atoms. The van der Waals surface area contributed by atoms with Crippen LogP contribution in [0.1, 0.15) is 58.2 Å². The van der Waals surface area contributed by atoms with Crippen molar-refractivity contribution in [1.29, 1.82) is 0 Å². The minimum Gasteiger partial charge on any atom is -0.356 e. The zero-order valence-corrected chi connectivity index (χ0v) is 16.7. The Morgan fingerprint density at radius 2 is 1.91 bits per heavy atom. The average molecular weight is 423 g/mol. The van der Waals surface area contributed by atoms with Crippen molar-refractivity contribution in [3.05, 3.63) is 11.7 Å². The standard InChI is InChI=1S/C15H29N5O.HI/c1-6-12(7-2)10-18-15(16-5)17-9-8-13-19-14(11(3)4)20-21-13;/h11-12H,6-10H2,1-5H3,(H2,16,17,18);1H. The molecule has 1 aromatic heterocycles. The molecule has 0 saturated carbocycles. The van der Waals surface area contributed by atoms with Gasteiger partial charge in [-0.2, -0.15) is 4.98 Å². The van der Waals surface area contributed by atoms with Gasteiger partial charge in [0.1, 0.15) is 0 Å². The van der Waals surface area contributed by atoms with E-state index in [-0.39, 0.29) is 24.0 Å². The fraction of sp³-hybridized carbons (Fsp3) is 0.800. The highest BCUT2D eigenvalue weighted by atomic mass is 127. The summed E-state index contributed by atoms with van der Waals surface area (Å²) >= 11 is 0. The first kappa shape index (κ1) is 21.1. The van der Waals surface area contributed by atoms with E-state index < -0.39 is 0 Å². The Bertz CT molecular complexity index is 429. The van der Waals surface area contributed by atoms with Crippen LogP contribution < -0.4 is 10.6 Å². The predicted octanol–water partition coefficient (Wildman–Crippen LogP) is 2.95. The minimum absolute atomic E-state index is 0. The molecule has 128 valence electrons. The smallest absolute Gasteiger partial charge is 0.228 e. The Kier molecular flexibility index (Phi) is 11.2. The molecule has 0 atom stereocenters. The summed E-state index contributed by atoms with van der Waals surface area (Å²) < 4.78 is 5.21. The lowest BCUT2D eigenvalue weighted by Crippen LogP contribution is -2.40. The number of hydrogen-bond acceptors (Lipinski definition) is 4. The Labute approximate surface area is 150 Å². The number of nitrogens with zero attached hydrogens (tertiary/aromatic N) is 3. The highest BCUT2D eigenvalue weighted by Crippen LogP contribution is 2.09. The van der Waals surface area contributed by atoms with Crippen molar-refractivity contribution < 1.29 is 4.52 Å². The molecule has 0 aliphatic heterocycles. The predicted molar refractivity (Wildman–Crippen MR) is 101 cm³/mol. The second-order valence-electron chi connectivity index (χ2n) is 5.51. The summed E-state index contributed by atoms with van der Waals surface area (Å²) in [6, 6.07) is 0. The van der Waals surface area contributed by atoms with Crippen molar-refractivity contribution in [1.82, 2.24) is 20.8 Å². The molecule has 0 radical (unpaired) electrons. The lowest BCUT2D eigenvalue weighted by atomic mass is 10.0.